The summed E-state index contributed by atoms with van der Waals surface area (Å²) in [5.41, 5.74) is 1.25. The lowest BCUT2D eigenvalue weighted by molar-refractivity contribution is -0.128. The quantitative estimate of drug-likeness (QED) is 0.501. The molecule has 2 aliphatic carbocycles. The lowest BCUT2D eigenvalue weighted by Crippen LogP contribution is -2.30. The van der Waals surface area contributed by atoms with E-state index in [4.69, 9.17) is 0 Å². The lowest BCUT2D eigenvalue weighted by atomic mass is 9.80. The number of halogens is 3. The Hall–Kier alpha value is -1.55. The Labute approximate surface area is 169 Å². The van der Waals surface area contributed by atoms with Gasteiger partial charge in [0.05, 0.1) is 0 Å². The van der Waals surface area contributed by atoms with Crippen molar-refractivity contribution in [1.82, 2.24) is 0 Å². The van der Waals surface area contributed by atoms with Crippen molar-refractivity contribution in [2.45, 2.75) is 38.5 Å². The molecule has 2 saturated carbocycles. The number of hydrogen-bond acceptors (Lipinski definition) is 1. The van der Waals surface area contributed by atoms with Crippen LogP contribution in [0.3, 0.4) is 0 Å². The van der Waals surface area contributed by atoms with E-state index in [-0.39, 0.29) is 46.2 Å². The highest BCUT2D eigenvalue weighted by molar-refractivity contribution is 8.93. The van der Waals surface area contributed by atoms with E-state index in [9.17, 15) is 13.6 Å². The summed E-state index contributed by atoms with van der Waals surface area (Å²) in [6.07, 6.45) is 5.11. The van der Waals surface area contributed by atoms with Crippen molar-refractivity contribution in [3.63, 3.8) is 0 Å². The zero-order chi connectivity index (χ0) is 18.1. The maximum atomic E-state index is 14.1. The van der Waals surface area contributed by atoms with E-state index in [2.05, 4.69) is 0 Å². The molecule has 0 bridgehead atoms. The van der Waals surface area contributed by atoms with Gasteiger partial charge in [0.15, 0.2) is 0 Å². The molecule has 1 nitrogen and oxygen atoms in total. The van der Waals surface area contributed by atoms with Crippen LogP contribution in [0, 0.1) is 35.3 Å². The Morgan fingerprint density at radius 1 is 0.778 bits per heavy atom. The molecule has 0 radical (unpaired) electrons. The van der Waals surface area contributed by atoms with Gasteiger partial charge in [-0.15, -0.1) is 17.0 Å². The van der Waals surface area contributed by atoms with Crippen molar-refractivity contribution in [3.8, 4) is 0 Å². The second-order valence-corrected chi connectivity index (χ2v) is 7.88. The molecule has 27 heavy (non-hydrogen) atoms. The summed E-state index contributed by atoms with van der Waals surface area (Å²) >= 11 is 0. The molecule has 4 rings (SSSR count). The average Bonchev–Trinajstić information content (AvgIpc) is 3.53. The molecule has 144 valence electrons. The maximum Gasteiger partial charge on any atom is 0.140 e. The van der Waals surface area contributed by atoms with Crippen LogP contribution in [-0.4, -0.2) is 5.78 Å². The minimum absolute atomic E-state index is 0. The van der Waals surface area contributed by atoms with Crippen LogP contribution >= 0.6 is 17.0 Å². The fraction of sp³-hybridized carbons (Fsp3) is 0.435. The minimum Gasteiger partial charge on any atom is -0.299 e. The van der Waals surface area contributed by atoms with Gasteiger partial charge in [-0.25, -0.2) is 8.78 Å². The predicted molar refractivity (Wildman–Crippen MR) is 108 cm³/mol. The molecule has 2 fully saturated rings. The predicted octanol–water partition coefficient (Wildman–Crippen LogP) is 5.95. The number of rotatable bonds is 8. The summed E-state index contributed by atoms with van der Waals surface area (Å²) in [5, 5.41) is 0. The van der Waals surface area contributed by atoms with Crippen molar-refractivity contribution in [2.75, 3.05) is 0 Å². The van der Waals surface area contributed by atoms with Gasteiger partial charge in [-0.1, -0.05) is 36.4 Å². The Kier molecular flexibility index (Phi) is 6.46. The molecule has 0 aliphatic heterocycles. The highest BCUT2D eigenvalue weighted by Crippen LogP contribution is 2.45. The molecule has 0 spiro atoms. The van der Waals surface area contributed by atoms with Crippen molar-refractivity contribution >= 4 is 22.8 Å². The second kappa shape index (κ2) is 8.64. The zero-order valence-corrected chi connectivity index (χ0v) is 17.0. The number of hydrogen-bond donors (Lipinski definition) is 0. The van der Waals surface area contributed by atoms with Gasteiger partial charge in [-0.2, -0.15) is 0 Å². The normalized spacial score (nSPS) is 18.4. The van der Waals surface area contributed by atoms with E-state index in [1.165, 1.54) is 12.1 Å². The summed E-state index contributed by atoms with van der Waals surface area (Å²) < 4.78 is 28.2. The second-order valence-electron chi connectivity index (χ2n) is 7.88. The molecule has 0 N–H and O–H groups in total. The Morgan fingerprint density at radius 2 is 1.15 bits per heavy atom. The molecule has 4 heteroatoms. The molecular weight excluding hydrogens is 410 g/mol. The summed E-state index contributed by atoms with van der Waals surface area (Å²) in [6.45, 7) is 0. The third kappa shape index (κ3) is 4.84. The fourth-order valence-corrected chi connectivity index (χ4v) is 4.07. The van der Waals surface area contributed by atoms with E-state index in [1.807, 2.05) is 12.1 Å². The molecule has 2 aliphatic rings. The number of ketones is 1. The topological polar surface area (TPSA) is 17.1 Å². The Balaban J connectivity index is 0.00000210. The van der Waals surface area contributed by atoms with Crippen LogP contribution < -0.4 is 0 Å². The van der Waals surface area contributed by atoms with Crippen LogP contribution in [0.25, 0.3) is 0 Å². The summed E-state index contributed by atoms with van der Waals surface area (Å²) in [4.78, 5) is 13.4. The average molecular weight is 435 g/mol. The Morgan fingerprint density at radius 3 is 1.48 bits per heavy atom. The number of carbonyl (C=O) groups is 1. The van der Waals surface area contributed by atoms with E-state index < -0.39 is 0 Å². The monoisotopic (exact) mass is 434 g/mol. The van der Waals surface area contributed by atoms with Gasteiger partial charge in [-0.05, 0) is 73.6 Å². The molecular formula is C23H25BrF2O. The first-order chi connectivity index (χ1) is 12.6. The van der Waals surface area contributed by atoms with Crippen LogP contribution in [0.4, 0.5) is 8.78 Å². The third-order valence-corrected chi connectivity index (χ3v) is 5.91. The van der Waals surface area contributed by atoms with Gasteiger partial charge in [0.25, 0.3) is 0 Å². The first kappa shape index (κ1) is 20.2. The maximum absolute atomic E-state index is 14.1. The molecule has 2 unspecified atom stereocenters. The molecule has 2 aromatic rings. The lowest BCUT2D eigenvalue weighted by Gasteiger charge is -2.23. The zero-order valence-electron chi connectivity index (χ0n) is 15.2. The smallest absolute Gasteiger partial charge is 0.140 e. The molecule has 0 saturated heterocycles. The number of carbonyl (C=O) groups excluding carboxylic acids is 1. The standard InChI is InChI=1S/C23H24F2O.BrH/c24-21-7-3-1-5-17(21)13-19(15-9-10-15)23(26)20(16-11-12-16)14-18-6-2-4-8-22(18)25;/h1-8,15-16,19-20H,9-14H2;1H. The van der Waals surface area contributed by atoms with Gasteiger partial charge in [-0.3, -0.25) is 4.79 Å². The molecule has 2 atom stereocenters. The number of benzene rings is 2. The van der Waals surface area contributed by atoms with Crippen LogP contribution in [-0.2, 0) is 17.6 Å². The molecule has 0 aromatic heterocycles. The van der Waals surface area contributed by atoms with Crippen LogP contribution in [0.2, 0.25) is 0 Å². The highest BCUT2D eigenvalue weighted by Gasteiger charge is 2.44. The summed E-state index contributed by atoms with van der Waals surface area (Å²) in [6, 6.07) is 13.5. The van der Waals surface area contributed by atoms with E-state index in [1.54, 1.807) is 24.3 Å². The van der Waals surface area contributed by atoms with Crippen LogP contribution in [0.15, 0.2) is 48.5 Å². The highest BCUT2D eigenvalue weighted by atomic mass is 79.9. The largest absolute Gasteiger partial charge is 0.299 e. The van der Waals surface area contributed by atoms with E-state index in [0.29, 0.717) is 35.8 Å². The van der Waals surface area contributed by atoms with E-state index in [0.717, 1.165) is 25.7 Å². The van der Waals surface area contributed by atoms with Crippen LogP contribution in [0.5, 0.6) is 0 Å². The van der Waals surface area contributed by atoms with Gasteiger partial charge in [0.2, 0.25) is 0 Å². The first-order valence-corrected chi connectivity index (χ1v) is 9.64. The fourth-order valence-electron chi connectivity index (χ4n) is 4.07. The van der Waals surface area contributed by atoms with Crippen molar-refractivity contribution in [1.29, 1.82) is 0 Å². The van der Waals surface area contributed by atoms with Gasteiger partial charge in [0.1, 0.15) is 17.4 Å². The minimum atomic E-state index is -0.233. The van der Waals surface area contributed by atoms with Crippen molar-refractivity contribution in [2.24, 2.45) is 23.7 Å². The molecule has 0 amide bonds. The van der Waals surface area contributed by atoms with Gasteiger partial charge >= 0.3 is 0 Å². The van der Waals surface area contributed by atoms with Crippen molar-refractivity contribution < 1.29 is 13.6 Å². The number of Topliss-reactive ketones (excluding diaryl/α,β-unsaturated/α-hetero) is 1. The summed E-state index contributed by atoms with van der Waals surface area (Å²) in [7, 11) is 0. The Bertz CT molecular complexity index is 733. The molecule has 2 aromatic carbocycles. The SMILES string of the molecule is Br.O=C(C(Cc1ccccc1F)C1CC1)C(Cc1ccccc1F)C1CC1. The molecule has 0 heterocycles. The van der Waals surface area contributed by atoms with Gasteiger partial charge < -0.3 is 0 Å². The van der Waals surface area contributed by atoms with Gasteiger partial charge in [0, 0.05) is 11.8 Å². The summed E-state index contributed by atoms with van der Waals surface area (Å²) in [5.74, 6) is 0.217. The third-order valence-electron chi connectivity index (χ3n) is 5.91. The van der Waals surface area contributed by atoms with Crippen LogP contribution in [0.1, 0.15) is 36.8 Å². The van der Waals surface area contributed by atoms with E-state index >= 15 is 0 Å². The first-order valence-electron chi connectivity index (χ1n) is 9.64. The van der Waals surface area contributed by atoms with Crippen molar-refractivity contribution in [3.05, 3.63) is 71.3 Å².